The summed E-state index contributed by atoms with van der Waals surface area (Å²) >= 11 is 0. The van der Waals surface area contributed by atoms with Crippen LogP contribution >= 0.6 is 0 Å². The van der Waals surface area contributed by atoms with Crippen LogP contribution in [0.25, 0.3) is 54.6 Å². The second-order valence-electron chi connectivity index (χ2n) is 10.9. The van der Waals surface area contributed by atoms with Crippen LogP contribution in [0.1, 0.15) is 65.2 Å². The lowest BCUT2D eigenvalue weighted by Crippen LogP contribution is -1.98. The van der Waals surface area contributed by atoms with Gasteiger partial charge in [0.2, 0.25) is 0 Å². The lowest BCUT2D eigenvalue weighted by Gasteiger charge is -2.12. The van der Waals surface area contributed by atoms with Crippen LogP contribution in [0.15, 0.2) is 85.1 Å². The van der Waals surface area contributed by atoms with Crippen molar-refractivity contribution < 1.29 is 0 Å². The average Bonchev–Trinajstić information content (AvgIpc) is 3.48. The summed E-state index contributed by atoms with van der Waals surface area (Å²) in [5.41, 5.74) is 6.84. The number of fused-ring (bicyclic) bond motifs is 5. The fraction of sp³-hybridized carbons (Fsp3) is 0.333. The summed E-state index contributed by atoms with van der Waals surface area (Å²) in [5, 5.41) is 6.82. The molecule has 0 atom stereocenters. The number of aryl methyl sites for hydroxylation is 2. The van der Waals surface area contributed by atoms with E-state index in [1.54, 1.807) is 0 Å². The quantitative estimate of drug-likeness (QED) is 0.157. The van der Waals surface area contributed by atoms with Crippen LogP contribution in [0.5, 0.6) is 0 Å². The highest BCUT2D eigenvalue weighted by atomic mass is 15.0. The van der Waals surface area contributed by atoms with E-state index >= 15 is 0 Å². The van der Waals surface area contributed by atoms with Crippen LogP contribution in [0.3, 0.4) is 0 Å². The van der Waals surface area contributed by atoms with Gasteiger partial charge in [0, 0.05) is 57.6 Å². The van der Waals surface area contributed by atoms with Gasteiger partial charge in [-0.2, -0.15) is 0 Å². The van der Waals surface area contributed by atoms with Crippen molar-refractivity contribution in [3.63, 3.8) is 0 Å². The molecule has 0 saturated carbocycles. The molecule has 0 unspecified atom stereocenters. The number of rotatable bonds is 11. The second-order valence-corrected chi connectivity index (χ2v) is 10.9. The third kappa shape index (κ3) is 4.41. The van der Waals surface area contributed by atoms with Crippen LogP contribution in [0.4, 0.5) is 0 Å². The van der Waals surface area contributed by atoms with Gasteiger partial charge in [-0.05, 0) is 41.8 Å². The number of aromatic nitrogens is 2. The minimum absolute atomic E-state index is 1.07. The van der Waals surface area contributed by atoms with Crippen molar-refractivity contribution in [2.24, 2.45) is 0 Å². The van der Waals surface area contributed by atoms with Gasteiger partial charge >= 0.3 is 0 Å². The number of hydrogen-bond acceptors (Lipinski definition) is 0. The molecule has 0 aliphatic carbocycles. The second kappa shape index (κ2) is 11.1. The molecular formula is C36H40N2. The minimum atomic E-state index is 1.07. The first-order valence-corrected chi connectivity index (χ1v) is 14.8. The Labute approximate surface area is 226 Å². The molecule has 2 heteroatoms. The van der Waals surface area contributed by atoms with Crippen molar-refractivity contribution in [3.8, 4) is 11.1 Å². The third-order valence-electron chi connectivity index (χ3n) is 8.33. The van der Waals surface area contributed by atoms with E-state index in [4.69, 9.17) is 0 Å². The molecule has 0 N–H and O–H groups in total. The first-order valence-electron chi connectivity index (χ1n) is 14.8. The summed E-state index contributed by atoms with van der Waals surface area (Å²) in [6.07, 6.45) is 12.6. The SMILES string of the molecule is CCCCCCn1cc(-c2c3ccccc3cc3c2c2ccccc2n3CCCCCC)c2ccccc21. The van der Waals surface area contributed by atoms with Crippen molar-refractivity contribution in [3.05, 3.63) is 85.1 Å². The Hall–Kier alpha value is -3.52. The highest BCUT2D eigenvalue weighted by molar-refractivity contribution is 6.24. The van der Waals surface area contributed by atoms with Crippen LogP contribution in [-0.2, 0) is 13.1 Å². The zero-order chi connectivity index (χ0) is 25.9. The van der Waals surface area contributed by atoms with Gasteiger partial charge < -0.3 is 9.13 Å². The number of nitrogens with zero attached hydrogens (tertiary/aromatic N) is 2. The molecule has 0 saturated heterocycles. The van der Waals surface area contributed by atoms with E-state index in [-0.39, 0.29) is 0 Å². The molecule has 0 spiro atoms. The molecule has 2 heterocycles. The molecule has 4 aromatic carbocycles. The van der Waals surface area contributed by atoms with Gasteiger partial charge in [-0.15, -0.1) is 0 Å². The van der Waals surface area contributed by atoms with Gasteiger partial charge in [-0.1, -0.05) is 113 Å². The molecule has 0 amide bonds. The number of para-hydroxylation sites is 2. The maximum atomic E-state index is 2.60. The lowest BCUT2D eigenvalue weighted by atomic mass is 9.93. The Morgan fingerprint density at radius 2 is 1.18 bits per heavy atom. The molecule has 2 aromatic heterocycles. The third-order valence-corrected chi connectivity index (χ3v) is 8.33. The Kier molecular flexibility index (Phi) is 7.22. The standard InChI is InChI=1S/C36H40N2/c1-3-5-7-15-23-37-26-31(29-19-11-13-21-32(29)37)35-28-18-10-9-17-27(28)25-34-36(35)30-20-12-14-22-33(30)38(34)24-16-8-6-4-2/h9-14,17-22,25-26H,3-8,15-16,23-24H2,1-2H3. The molecule has 0 radical (unpaired) electrons. The summed E-state index contributed by atoms with van der Waals surface area (Å²) in [4.78, 5) is 0. The van der Waals surface area contributed by atoms with E-state index < -0.39 is 0 Å². The van der Waals surface area contributed by atoms with Gasteiger partial charge in [0.15, 0.2) is 0 Å². The Morgan fingerprint density at radius 3 is 1.95 bits per heavy atom. The van der Waals surface area contributed by atoms with Crippen LogP contribution in [-0.4, -0.2) is 9.13 Å². The zero-order valence-electron chi connectivity index (χ0n) is 23.0. The maximum Gasteiger partial charge on any atom is 0.0504 e. The van der Waals surface area contributed by atoms with E-state index in [2.05, 4.69) is 108 Å². The van der Waals surface area contributed by atoms with Gasteiger partial charge in [0.05, 0.1) is 5.52 Å². The van der Waals surface area contributed by atoms with E-state index in [0.29, 0.717) is 0 Å². The molecule has 2 nitrogen and oxygen atoms in total. The smallest absolute Gasteiger partial charge is 0.0504 e. The molecule has 6 rings (SSSR count). The van der Waals surface area contributed by atoms with E-state index in [0.717, 1.165) is 13.1 Å². The highest BCUT2D eigenvalue weighted by Crippen LogP contribution is 2.44. The number of unbranched alkanes of at least 4 members (excludes halogenated alkanes) is 6. The summed E-state index contributed by atoms with van der Waals surface area (Å²) in [6, 6.07) is 29.5. The summed E-state index contributed by atoms with van der Waals surface area (Å²) < 4.78 is 5.11. The van der Waals surface area contributed by atoms with Crippen molar-refractivity contribution in [2.45, 2.75) is 78.3 Å². The molecule has 38 heavy (non-hydrogen) atoms. The summed E-state index contributed by atoms with van der Waals surface area (Å²) in [5.74, 6) is 0. The molecular weight excluding hydrogens is 460 g/mol. The normalized spacial score (nSPS) is 11.9. The first-order chi connectivity index (χ1) is 18.8. The van der Waals surface area contributed by atoms with Gasteiger partial charge in [0.25, 0.3) is 0 Å². The Bertz CT molecular complexity index is 1700. The molecule has 6 aromatic rings. The molecule has 0 aliphatic rings. The van der Waals surface area contributed by atoms with Gasteiger partial charge in [0.1, 0.15) is 0 Å². The summed E-state index contributed by atoms with van der Waals surface area (Å²) in [6.45, 7) is 6.73. The monoisotopic (exact) mass is 500 g/mol. The van der Waals surface area contributed by atoms with E-state index in [9.17, 15) is 0 Å². The largest absolute Gasteiger partial charge is 0.347 e. The molecule has 0 fully saturated rings. The predicted molar refractivity (Wildman–Crippen MR) is 166 cm³/mol. The molecule has 194 valence electrons. The van der Waals surface area contributed by atoms with Crippen molar-refractivity contribution in [1.29, 1.82) is 0 Å². The van der Waals surface area contributed by atoms with Crippen molar-refractivity contribution in [1.82, 2.24) is 9.13 Å². The lowest BCUT2D eigenvalue weighted by molar-refractivity contribution is 0.594. The average molecular weight is 501 g/mol. The van der Waals surface area contributed by atoms with Crippen LogP contribution < -0.4 is 0 Å². The number of hydrogen-bond donors (Lipinski definition) is 0. The topological polar surface area (TPSA) is 9.86 Å². The molecule has 0 aliphatic heterocycles. The van der Waals surface area contributed by atoms with Gasteiger partial charge in [-0.25, -0.2) is 0 Å². The van der Waals surface area contributed by atoms with E-state index in [1.165, 1.54) is 106 Å². The fourth-order valence-corrected chi connectivity index (χ4v) is 6.43. The highest BCUT2D eigenvalue weighted by Gasteiger charge is 2.20. The Morgan fingerprint density at radius 1 is 0.553 bits per heavy atom. The minimum Gasteiger partial charge on any atom is -0.347 e. The van der Waals surface area contributed by atoms with Gasteiger partial charge in [-0.3, -0.25) is 0 Å². The summed E-state index contributed by atoms with van der Waals surface area (Å²) in [7, 11) is 0. The maximum absolute atomic E-state index is 2.60. The molecule has 0 bridgehead atoms. The fourth-order valence-electron chi connectivity index (χ4n) is 6.43. The van der Waals surface area contributed by atoms with Crippen molar-refractivity contribution >= 4 is 43.5 Å². The zero-order valence-corrected chi connectivity index (χ0v) is 23.0. The van der Waals surface area contributed by atoms with Crippen LogP contribution in [0.2, 0.25) is 0 Å². The van der Waals surface area contributed by atoms with E-state index in [1.807, 2.05) is 0 Å². The van der Waals surface area contributed by atoms with Crippen LogP contribution in [0, 0.1) is 0 Å². The first kappa shape index (κ1) is 24.8. The van der Waals surface area contributed by atoms with Crippen molar-refractivity contribution in [2.75, 3.05) is 0 Å². The number of benzene rings is 4. The predicted octanol–water partition coefficient (Wildman–Crippen LogP) is 10.7. The Balaban J connectivity index is 1.62.